The molecule has 1 N–H and O–H groups in total. The van der Waals surface area contributed by atoms with Crippen LogP contribution in [0.1, 0.15) is 16.7 Å². The molecule has 2 aromatic carbocycles. The molecule has 2 aromatic rings. The van der Waals surface area contributed by atoms with Crippen LogP contribution in [0.4, 0.5) is 0 Å². The molecule has 0 aliphatic heterocycles. The van der Waals surface area contributed by atoms with Crippen molar-refractivity contribution in [3.8, 4) is 0 Å². The first-order chi connectivity index (χ1) is 9.48. The van der Waals surface area contributed by atoms with Crippen molar-refractivity contribution in [3.63, 3.8) is 0 Å². The molecular weight excluding hydrogens is 296 g/mol. The molecule has 5 heteroatoms. The molecule has 0 unspecified atom stereocenters. The Balaban J connectivity index is 2.14. The second-order valence-corrected chi connectivity index (χ2v) is 7.14. The van der Waals surface area contributed by atoms with Crippen molar-refractivity contribution in [1.29, 1.82) is 0 Å². The van der Waals surface area contributed by atoms with Crippen molar-refractivity contribution >= 4 is 21.4 Å². The second-order valence-electron chi connectivity index (χ2n) is 4.64. The van der Waals surface area contributed by atoms with Crippen LogP contribution in [-0.4, -0.2) is 13.5 Å². The minimum atomic E-state index is -3.27. The van der Waals surface area contributed by atoms with Crippen LogP contribution in [0.3, 0.4) is 0 Å². The molecule has 0 radical (unpaired) electrons. The lowest BCUT2D eigenvalue weighted by molar-refractivity contribution is 0.282. The largest absolute Gasteiger partial charge is 0.392 e. The van der Waals surface area contributed by atoms with Gasteiger partial charge in [0.05, 0.1) is 18.1 Å². The van der Waals surface area contributed by atoms with Crippen LogP contribution in [0.5, 0.6) is 0 Å². The van der Waals surface area contributed by atoms with Crippen LogP contribution < -0.4 is 0 Å². The highest BCUT2D eigenvalue weighted by molar-refractivity contribution is 7.89. The lowest BCUT2D eigenvalue weighted by Gasteiger charge is -2.06. The average Bonchev–Trinajstić information content (AvgIpc) is 2.37. The van der Waals surface area contributed by atoms with Gasteiger partial charge in [-0.1, -0.05) is 48.0 Å². The summed E-state index contributed by atoms with van der Waals surface area (Å²) in [6, 6.07) is 13.8. The van der Waals surface area contributed by atoms with Crippen molar-refractivity contribution in [3.05, 3.63) is 70.2 Å². The summed E-state index contributed by atoms with van der Waals surface area (Å²) in [6.07, 6.45) is 0. The molecule has 20 heavy (non-hydrogen) atoms. The Morgan fingerprint density at radius 3 is 2.05 bits per heavy atom. The summed E-state index contributed by atoms with van der Waals surface area (Å²) in [7, 11) is -3.27. The van der Waals surface area contributed by atoms with Crippen LogP contribution in [0.25, 0.3) is 0 Å². The highest BCUT2D eigenvalue weighted by atomic mass is 35.5. The minimum Gasteiger partial charge on any atom is -0.392 e. The van der Waals surface area contributed by atoms with E-state index in [1.54, 1.807) is 48.5 Å². The lowest BCUT2D eigenvalue weighted by atomic mass is 10.1. The third-order valence-electron chi connectivity index (χ3n) is 2.84. The number of aliphatic hydroxyl groups is 1. The summed E-state index contributed by atoms with van der Waals surface area (Å²) in [5.41, 5.74) is 2.06. The normalized spacial score (nSPS) is 11.5. The zero-order chi connectivity index (χ0) is 14.6. The molecule has 2 rings (SSSR count). The molecule has 0 bridgehead atoms. The average molecular weight is 311 g/mol. The van der Waals surface area contributed by atoms with Crippen molar-refractivity contribution in [2.24, 2.45) is 0 Å². The maximum atomic E-state index is 12.2. The van der Waals surface area contributed by atoms with Crippen LogP contribution in [0.2, 0.25) is 5.02 Å². The number of aliphatic hydroxyl groups excluding tert-OH is 1. The van der Waals surface area contributed by atoms with Gasteiger partial charge in [0, 0.05) is 5.02 Å². The Morgan fingerprint density at radius 1 is 0.900 bits per heavy atom. The highest BCUT2D eigenvalue weighted by Gasteiger charge is 2.13. The Morgan fingerprint density at radius 2 is 1.45 bits per heavy atom. The minimum absolute atomic E-state index is 0.0447. The Labute approximate surface area is 123 Å². The van der Waals surface area contributed by atoms with Crippen LogP contribution in [-0.2, 0) is 27.9 Å². The van der Waals surface area contributed by atoms with Crippen LogP contribution in [0.15, 0.2) is 48.5 Å². The molecule has 0 saturated carbocycles. The molecule has 0 fully saturated rings. The molecule has 3 nitrogen and oxygen atoms in total. The van der Waals surface area contributed by atoms with Gasteiger partial charge in [0.2, 0.25) is 0 Å². The Hall–Kier alpha value is -1.36. The summed E-state index contributed by atoms with van der Waals surface area (Å²) in [6.45, 7) is -0.0951. The first-order valence-electron chi connectivity index (χ1n) is 6.12. The van der Waals surface area contributed by atoms with Gasteiger partial charge in [0.1, 0.15) is 0 Å². The first kappa shape index (κ1) is 15.0. The summed E-state index contributed by atoms with van der Waals surface area (Å²) < 4.78 is 24.3. The SMILES string of the molecule is O=S(=O)(Cc1cccc(Cl)c1)Cc1cccc(CO)c1. The second kappa shape index (κ2) is 6.39. The van der Waals surface area contributed by atoms with E-state index in [0.29, 0.717) is 21.7 Å². The lowest BCUT2D eigenvalue weighted by Crippen LogP contribution is -2.08. The zero-order valence-electron chi connectivity index (χ0n) is 10.8. The predicted octanol–water partition coefficient (Wildman–Crippen LogP) is 2.95. The fourth-order valence-electron chi connectivity index (χ4n) is 2.00. The van der Waals surface area contributed by atoms with E-state index >= 15 is 0 Å². The van der Waals surface area contributed by atoms with E-state index < -0.39 is 9.84 Å². The van der Waals surface area contributed by atoms with Gasteiger partial charge in [-0.2, -0.15) is 0 Å². The van der Waals surface area contributed by atoms with Crippen molar-refractivity contribution in [2.75, 3.05) is 0 Å². The molecule has 0 saturated heterocycles. The predicted molar refractivity (Wildman–Crippen MR) is 80.1 cm³/mol. The molecule has 0 aliphatic carbocycles. The number of halogens is 1. The fourth-order valence-corrected chi connectivity index (χ4v) is 3.69. The van der Waals surface area contributed by atoms with E-state index in [4.69, 9.17) is 16.7 Å². The van der Waals surface area contributed by atoms with Crippen LogP contribution in [0, 0.1) is 0 Å². The topological polar surface area (TPSA) is 54.4 Å². The third-order valence-corrected chi connectivity index (χ3v) is 4.62. The zero-order valence-corrected chi connectivity index (χ0v) is 12.4. The van der Waals surface area contributed by atoms with Gasteiger partial charge in [-0.05, 0) is 28.8 Å². The monoisotopic (exact) mass is 310 g/mol. The quantitative estimate of drug-likeness (QED) is 0.923. The Kier molecular flexibility index (Phi) is 4.81. The molecule has 0 aromatic heterocycles. The van der Waals surface area contributed by atoms with Crippen molar-refractivity contribution in [2.45, 2.75) is 18.1 Å². The maximum absolute atomic E-state index is 12.2. The van der Waals surface area contributed by atoms with Gasteiger partial charge in [-0.3, -0.25) is 0 Å². The number of hydrogen-bond donors (Lipinski definition) is 1. The molecule has 0 heterocycles. The van der Waals surface area contributed by atoms with E-state index in [0.717, 1.165) is 0 Å². The van der Waals surface area contributed by atoms with Crippen molar-refractivity contribution in [1.82, 2.24) is 0 Å². The maximum Gasteiger partial charge on any atom is 0.158 e. The van der Waals surface area contributed by atoms with Crippen LogP contribution >= 0.6 is 11.6 Å². The van der Waals surface area contributed by atoms with E-state index in [9.17, 15) is 8.42 Å². The number of benzene rings is 2. The first-order valence-corrected chi connectivity index (χ1v) is 8.32. The molecule has 0 aliphatic rings. The fraction of sp³-hybridized carbons (Fsp3) is 0.200. The smallest absolute Gasteiger partial charge is 0.158 e. The van der Waals surface area contributed by atoms with Gasteiger partial charge in [-0.25, -0.2) is 8.42 Å². The Bertz CT molecular complexity index is 696. The van der Waals surface area contributed by atoms with E-state index in [2.05, 4.69) is 0 Å². The van der Waals surface area contributed by atoms with E-state index in [1.807, 2.05) is 0 Å². The third kappa shape index (κ3) is 4.34. The molecule has 0 amide bonds. The number of hydrogen-bond acceptors (Lipinski definition) is 3. The highest BCUT2D eigenvalue weighted by Crippen LogP contribution is 2.16. The van der Waals surface area contributed by atoms with E-state index in [1.165, 1.54) is 0 Å². The summed E-state index contributed by atoms with van der Waals surface area (Å²) >= 11 is 5.85. The molecule has 106 valence electrons. The number of rotatable bonds is 5. The van der Waals surface area contributed by atoms with Gasteiger partial charge in [-0.15, -0.1) is 0 Å². The van der Waals surface area contributed by atoms with Gasteiger partial charge in [0.25, 0.3) is 0 Å². The molecular formula is C15H15ClO3S. The van der Waals surface area contributed by atoms with Gasteiger partial charge < -0.3 is 5.11 Å². The summed E-state index contributed by atoms with van der Waals surface area (Å²) in [4.78, 5) is 0. The van der Waals surface area contributed by atoms with Crippen molar-refractivity contribution < 1.29 is 13.5 Å². The van der Waals surface area contributed by atoms with Gasteiger partial charge in [0.15, 0.2) is 9.84 Å². The standard InChI is InChI=1S/C15H15ClO3S/c16-15-6-2-5-14(8-15)11-20(18,19)10-13-4-1-3-12(7-13)9-17/h1-8,17H,9-11H2. The van der Waals surface area contributed by atoms with E-state index in [-0.39, 0.29) is 18.1 Å². The summed E-state index contributed by atoms with van der Waals surface area (Å²) in [5.74, 6) is -0.0930. The van der Waals surface area contributed by atoms with Gasteiger partial charge >= 0.3 is 0 Å². The number of sulfone groups is 1. The summed E-state index contributed by atoms with van der Waals surface area (Å²) in [5, 5.41) is 9.59. The molecule has 0 spiro atoms. The molecule has 0 atom stereocenters.